The summed E-state index contributed by atoms with van der Waals surface area (Å²) < 4.78 is 13.4. The highest BCUT2D eigenvalue weighted by molar-refractivity contribution is 7.99. The minimum absolute atomic E-state index is 0.255. The Hall–Kier alpha value is -0.770. The van der Waals surface area contributed by atoms with Crippen molar-refractivity contribution in [1.82, 2.24) is 4.98 Å². The molecule has 1 heterocycles. The van der Waals surface area contributed by atoms with Gasteiger partial charge in [-0.3, -0.25) is 0 Å². The molecule has 1 aliphatic carbocycles. The van der Waals surface area contributed by atoms with Crippen LogP contribution in [0.1, 0.15) is 25.7 Å². The number of halogens is 1. The van der Waals surface area contributed by atoms with Gasteiger partial charge in [-0.05, 0) is 44.1 Å². The van der Waals surface area contributed by atoms with Gasteiger partial charge in [0.25, 0.3) is 0 Å². The van der Waals surface area contributed by atoms with Crippen LogP contribution in [-0.2, 0) is 0 Å². The molecule has 0 unspecified atom stereocenters. The summed E-state index contributed by atoms with van der Waals surface area (Å²) in [6, 6.07) is 3.45. The van der Waals surface area contributed by atoms with Crippen LogP contribution in [-0.4, -0.2) is 22.5 Å². The van der Waals surface area contributed by atoms with Gasteiger partial charge < -0.3 is 5.32 Å². The monoisotopic (exact) mass is 240 g/mol. The van der Waals surface area contributed by atoms with Crippen molar-refractivity contribution in [3.63, 3.8) is 0 Å². The van der Waals surface area contributed by atoms with E-state index in [1.54, 1.807) is 12.3 Å². The van der Waals surface area contributed by atoms with E-state index in [1.165, 1.54) is 18.9 Å². The van der Waals surface area contributed by atoms with E-state index >= 15 is 0 Å². The Bertz CT molecular complexity index is 338. The molecule has 16 heavy (non-hydrogen) atoms. The number of hydrogen-bond acceptors (Lipinski definition) is 3. The first-order valence-electron chi connectivity index (χ1n) is 5.69. The maximum Gasteiger partial charge on any atom is 0.165 e. The quantitative estimate of drug-likeness (QED) is 0.877. The third kappa shape index (κ3) is 2.88. The van der Waals surface area contributed by atoms with Crippen molar-refractivity contribution < 1.29 is 4.39 Å². The highest BCUT2D eigenvalue weighted by atomic mass is 32.2. The summed E-state index contributed by atoms with van der Waals surface area (Å²) in [5, 5.41) is 3.98. The van der Waals surface area contributed by atoms with Crippen LogP contribution in [0.15, 0.2) is 18.3 Å². The molecule has 0 aliphatic heterocycles. The number of pyridine rings is 1. The van der Waals surface area contributed by atoms with Crippen molar-refractivity contribution in [3.8, 4) is 0 Å². The van der Waals surface area contributed by atoms with Gasteiger partial charge in [-0.1, -0.05) is 0 Å². The standard InChI is InChI=1S/C12H17FN2S/c1-16-10-6-4-9(5-7-10)15-12-11(13)3-2-8-14-12/h2-3,8-10H,4-7H2,1H3,(H,14,15). The first-order chi connectivity index (χ1) is 7.79. The minimum Gasteiger partial charge on any atom is -0.365 e. The molecular weight excluding hydrogens is 223 g/mol. The van der Waals surface area contributed by atoms with Crippen molar-refractivity contribution in [2.75, 3.05) is 11.6 Å². The number of nitrogens with one attached hydrogen (secondary N) is 1. The zero-order valence-electron chi connectivity index (χ0n) is 9.45. The zero-order chi connectivity index (χ0) is 11.4. The van der Waals surface area contributed by atoms with Crippen LogP contribution in [0, 0.1) is 5.82 Å². The van der Waals surface area contributed by atoms with Crippen molar-refractivity contribution in [2.45, 2.75) is 37.0 Å². The molecule has 1 aromatic rings. The third-order valence-electron chi connectivity index (χ3n) is 3.11. The molecule has 1 fully saturated rings. The lowest BCUT2D eigenvalue weighted by atomic mass is 9.95. The van der Waals surface area contributed by atoms with E-state index in [0.717, 1.165) is 18.1 Å². The molecule has 4 heteroatoms. The Labute approximate surface area is 100 Å². The second-order valence-corrected chi connectivity index (χ2v) is 5.33. The van der Waals surface area contributed by atoms with Crippen molar-refractivity contribution in [3.05, 3.63) is 24.1 Å². The fourth-order valence-electron chi connectivity index (χ4n) is 2.13. The van der Waals surface area contributed by atoms with Gasteiger partial charge in [0.15, 0.2) is 11.6 Å². The molecule has 2 nitrogen and oxygen atoms in total. The van der Waals surface area contributed by atoms with E-state index in [0.29, 0.717) is 11.9 Å². The summed E-state index contributed by atoms with van der Waals surface area (Å²) in [4.78, 5) is 4.02. The van der Waals surface area contributed by atoms with Gasteiger partial charge in [0.05, 0.1) is 0 Å². The lowest BCUT2D eigenvalue weighted by Crippen LogP contribution is -2.27. The molecule has 2 rings (SSSR count). The molecule has 88 valence electrons. The SMILES string of the molecule is CSC1CCC(Nc2ncccc2F)CC1. The maximum absolute atomic E-state index is 13.4. The Morgan fingerprint density at radius 3 is 2.75 bits per heavy atom. The highest BCUT2D eigenvalue weighted by Gasteiger charge is 2.21. The van der Waals surface area contributed by atoms with E-state index in [9.17, 15) is 4.39 Å². The predicted molar refractivity (Wildman–Crippen MR) is 67.4 cm³/mol. The lowest BCUT2D eigenvalue weighted by Gasteiger charge is -2.28. The molecule has 0 atom stereocenters. The molecule has 0 radical (unpaired) electrons. The predicted octanol–water partition coefficient (Wildman–Crippen LogP) is 3.31. The largest absolute Gasteiger partial charge is 0.365 e. The van der Waals surface area contributed by atoms with Gasteiger partial charge >= 0.3 is 0 Å². The molecule has 0 aromatic carbocycles. The molecule has 0 bridgehead atoms. The molecule has 0 spiro atoms. The van der Waals surface area contributed by atoms with Crippen molar-refractivity contribution >= 4 is 17.6 Å². The number of aromatic nitrogens is 1. The Balaban J connectivity index is 1.89. The van der Waals surface area contributed by atoms with Gasteiger partial charge in [-0.25, -0.2) is 9.37 Å². The van der Waals surface area contributed by atoms with Gasteiger partial charge in [0, 0.05) is 17.5 Å². The van der Waals surface area contributed by atoms with Crippen LogP contribution < -0.4 is 5.32 Å². The molecule has 1 aromatic heterocycles. The molecule has 0 amide bonds. The van der Waals surface area contributed by atoms with E-state index in [-0.39, 0.29) is 5.82 Å². The van der Waals surface area contributed by atoms with Crippen LogP contribution in [0.3, 0.4) is 0 Å². The van der Waals surface area contributed by atoms with Gasteiger partial charge in [-0.15, -0.1) is 0 Å². The number of thioether (sulfide) groups is 1. The van der Waals surface area contributed by atoms with E-state index in [2.05, 4.69) is 16.6 Å². The third-order valence-corrected chi connectivity index (χ3v) is 4.24. The summed E-state index contributed by atoms with van der Waals surface area (Å²) in [5.41, 5.74) is 0. The van der Waals surface area contributed by atoms with Crippen LogP contribution >= 0.6 is 11.8 Å². The summed E-state index contributed by atoms with van der Waals surface area (Å²) in [6.07, 6.45) is 8.44. The topological polar surface area (TPSA) is 24.9 Å². The Kier molecular flexibility index (Phi) is 4.04. The van der Waals surface area contributed by atoms with Gasteiger partial charge in [0.1, 0.15) is 0 Å². The second kappa shape index (κ2) is 5.53. The molecule has 1 N–H and O–H groups in total. The zero-order valence-corrected chi connectivity index (χ0v) is 10.3. The molecular formula is C12H17FN2S. The fraction of sp³-hybridized carbons (Fsp3) is 0.583. The molecule has 0 saturated heterocycles. The number of anilines is 1. The molecule has 1 saturated carbocycles. The molecule has 1 aliphatic rings. The lowest BCUT2D eigenvalue weighted by molar-refractivity contribution is 0.469. The van der Waals surface area contributed by atoms with E-state index < -0.39 is 0 Å². The highest BCUT2D eigenvalue weighted by Crippen LogP contribution is 2.28. The van der Waals surface area contributed by atoms with Crippen LogP contribution in [0.4, 0.5) is 10.2 Å². The summed E-state index contributed by atoms with van der Waals surface area (Å²) in [5.74, 6) is 0.143. The average molecular weight is 240 g/mol. The first-order valence-corrected chi connectivity index (χ1v) is 6.98. The van der Waals surface area contributed by atoms with Crippen molar-refractivity contribution in [2.24, 2.45) is 0 Å². The average Bonchev–Trinajstić information content (AvgIpc) is 2.33. The first kappa shape index (κ1) is 11.7. The summed E-state index contributed by atoms with van der Waals surface area (Å²) in [7, 11) is 0. The Morgan fingerprint density at radius 2 is 2.12 bits per heavy atom. The number of hydrogen-bond donors (Lipinski definition) is 1. The number of rotatable bonds is 3. The maximum atomic E-state index is 13.4. The fourth-order valence-corrected chi connectivity index (χ4v) is 2.87. The number of nitrogens with zero attached hydrogens (tertiary/aromatic N) is 1. The van der Waals surface area contributed by atoms with E-state index in [4.69, 9.17) is 0 Å². The second-order valence-electron chi connectivity index (χ2n) is 4.19. The van der Waals surface area contributed by atoms with Crippen LogP contribution in [0.2, 0.25) is 0 Å². The van der Waals surface area contributed by atoms with Crippen LogP contribution in [0.5, 0.6) is 0 Å². The summed E-state index contributed by atoms with van der Waals surface area (Å²) >= 11 is 1.94. The normalized spacial score (nSPS) is 25.4. The van der Waals surface area contributed by atoms with E-state index in [1.807, 2.05) is 11.8 Å². The van der Waals surface area contributed by atoms with Gasteiger partial charge in [-0.2, -0.15) is 11.8 Å². The smallest absolute Gasteiger partial charge is 0.165 e. The minimum atomic E-state index is -0.255. The van der Waals surface area contributed by atoms with Crippen molar-refractivity contribution in [1.29, 1.82) is 0 Å². The van der Waals surface area contributed by atoms with Gasteiger partial charge in [0.2, 0.25) is 0 Å². The van der Waals surface area contributed by atoms with Crippen LogP contribution in [0.25, 0.3) is 0 Å². The summed E-state index contributed by atoms with van der Waals surface area (Å²) in [6.45, 7) is 0. The Morgan fingerprint density at radius 1 is 1.38 bits per heavy atom.